The average molecular weight is 718 g/mol. The molecule has 1 N–H and O–H groups in total. The van der Waals surface area contributed by atoms with Crippen LogP contribution < -0.4 is 5.32 Å². The molecule has 51 heavy (non-hydrogen) atoms. The summed E-state index contributed by atoms with van der Waals surface area (Å²) in [5.74, 6) is 0.660. The number of nitrogens with one attached hydrogen (secondary N) is 1. The summed E-state index contributed by atoms with van der Waals surface area (Å²) in [6.07, 6.45) is 8.58. The molecule has 0 bridgehead atoms. The van der Waals surface area contributed by atoms with Gasteiger partial charge in [0, 0.05) is 76.4 Å². The van der Waals surface area contributed by atoms with Crippen LogP contribution in [0.3, 0.4) is 0 Å². The van der Waals surface area contributed by atoms with Crippen LogP contribution in [-0.4, -0.2) is 120 Å². The molecule has 7 rings (SSSR count). The molecule has 4 aliphatic rings. The molecule has 2 aromatic carbocycles. The summed E-state index contributed by atoms with van der Waals surface area (Å²) in [5.41, 5.74) is 4.24. The molecule has 0 unspecified atom stereocenters. The van der Waals surface area contributed by atoms with Crippen LogP contribution in [0.15, 0.2) is 54.9 Å². The molecule has 0 saturated carbocycles. The lowest BCUT2D eigenvalue weighted by Crippen LogP contribution is -2.52. The number of benzene rings is 2. The fraction of sp³-hybridized carbons (Fsp3) is 0.541. The maximum Gasteiger partial charge on any atom is 0.410 e. The Labute approximate surface area is 299 Å². The smallest absolute Gasteiger partial charge is 0.410 e. The van der Waals surface area contributed by atoms with E-state index < -0.39 is 22.2 Å². The van der Waals surface area contributed by atoms with Crippen molar-refractivity contribution in [1.82, 2.24) is 29.0 Å². The van der Waals surface area contributed by atoms with E-state index in [1.165, 1.54) is 6.26 Å². The lowest BCUT2D eigenvalue weighted by molar-refractivity contribution is -0.142. The number of hydrogen-bond donors (Lipinski definition) is 1. The van der Waals surface area contributed by atoms with Gasteiger partial charge < -0.3 is 24.8 Å². The molecule has 4 aliphatic heterocycles. The number of ether oxygens (including phenoxy) is 1. The second-order valence-electron chi connectivity index (χ2n) is 14.4. The Kier molecular flexibility index (Phi) is 10.4. The summed E-state index contributed by atoms with van der Waals surface area (Å²) in [7, 11) is -3.18. The average Bonchev–Trinajstić information content (AvgIpc) is 3.32. The first-order valence-corrected chi connectivity index (χ1v) is 20.0. The number of likely N-dealkylation sites (tertiary alicyclic amines) is 2. The van der Waals surface area contributed by atoms with Crippen molar-refractivity contribution in [2.75, 3.05) is 57.4 Å². The van der Waals surface area contributed by atoms with E-state index in [0.717, 1.165) is 54.4 Å². The summed E-state index contributed by atoms with van der Waals surface area (Å²) in [5, 5.41) is 3.04. The highest BCUT2D eigenvalue weighted by atomic mass is 32.2. The molecule has 3 aromatic rings. The monoisotopic (exact) mass is 717 g/mol. The summed E-state index contributed by atoms with van der Waals surface area (Å²) in [6, 6.07) is 13.4. The van der Waals surface area contributed by atoms with Crippen molar-refractivity contribution in [3.63, 3.8) is 0 Å². The van der Waals surface area contributed by atoms with Gasteiger partial charge in [-0.3, -0.25) is 14.8 Å². The van der Waals surface area contributed by atoms with Crippen LogP contribution in [0, 0.1) is 11.8 Å². The second kappa shape index (κ2) is 15.1. The Morgan fingerprint density at radius 3 is 2.20 bits per heavy atom. The minimum Gasteiger partial charge on any atom is -0.436 e. The number of carbonyl (C=O) groups is 3. The van der Waals surface area contributed by atoms with Gasteiger partial charge in [0.25, 0.3) is 5.91 Å². The van der Waals surface area contributed by atoms with Crippen molar-refractivity contribution in [2.24, 2.45) is 11.8 Å². The fourth-order valence-electron chi connectivity index (χ4n) is 8.30. The molecule has 14 heteroatoms. The van der Waals surface area contributed by atoms with Gasteiger partial charge >= 0.3 is 12.1 Å². The molecule has 0 radical (unpaired) electrons. The molecule has 1 atom stereocenters. The van der Waals surface area contributed by atoms with E-state index in [2.05, 4.69) is 15.3 Å². The second-order valence-corrected chi connectivity index (χ2v) is 16.3. The third kappa shape index (κ3) is 8.12. The summed E-state index contributed by atoms with van der Waals surface area (Å²) in [4.78, 5) is 55.0. The highest BCUT2D eigenvalue weighted by molar-refractivity contribution is 7.88. The Morgan fingerprint density at radius 1 is 0.843 bits per heavy atom. The normalized spacial score (nSPS) is 20.8. The van der Waals surface area contributed by atoms with Crippen LogP contribution in [0.5, 0.6) is 0 Å². The molecule has 5 heterocycles. The van der Waals surface area contributed by atoms with Gasteiger partial charge in [-0.25, -0.2) is 22.3 Å². The number of sulfonamides is 1. The van der Waals surface area contributed by atoms with E-state index in [4.69, 9.17) is 4.74 Å². The van der Waals surface area contributed by atoms with Gasteiger partial charge in [0.15, 0.2) is 6.10 Å². The van der Waals surface area contributed by atoms with Crippen LogP contribution >= 0.6 is 0 Å². The number of aromatic nitrogens is 2. The van der Waals surface area contributed by atoms with Crippen LogP contribution in [-0.2, 0) is 32.4 Å². The topological polar surface area (TPSA) is 145 Å². The van der Waals surface area contributed by atoms with Gasteiger partial charge in [0.1, 0.15) is 0 Å². The molecule has 3 saturated heterocycles. The molecule has 272 valence electrons. The molecule has 3 fully saturated rings. The zero-order valence-corrected chi connectivity index (χ0v) is 30.0. The number of piperidine rings is 3. The van der Waals surface area contributed by atoms with E-state index >= 15 is 0 Å². The largest absolute Gasteiger partial charge is 0.436 e. The standard InChI is InChI=1S/C37H47N7O6S/c1-51(48,49)43-21-10-28(11-22-43)27-8-17-41(18-9-27)35(45)34(25-26-6-7-32-33(24-26)39-16-15-38-32)50-37(47)42-19-13-30(14-20-42)44-23-12-29-4-2-3-5-31(29)40-36(44)46/h2-7,15-16,24,27-28,30,34H,8-14,17-23,25H2,1H3,(H,40,46)/t34-/m1/s1. The highest BCUT2D eigenvalue weighted by Crippen LogP contribution is 2.34. The van der Waals surface area contributed by atoms with Crippen LogP contribution in [0.25, 0.3) is 11.0 Å². The van der Waals surface area contributed by atoms with Crippen LogP contribution in [0.4, 0.5) is 15.3 Å². The predicted molar refractivity (Wildman–Crippen MR) is 192 cm³/mol. The van der Waals surface area contributed by atoms with E-state index in [1.807, 2.05) is 52.3 Å². The van der Waals surface area contributed by atoms with Crippen molar-refractivity contribution < 1.29 is 27.5 Å². The first kappa shape index (κ1) is 35.1. The Balaban J connectivity index is 0.981. The van der Waals surface area contributed by atoms with Crippen LogP contribution in [0.2, 0.25) is 0 Å². The summed E-state index contributed by atoms with van der Waals surface area (Å²) >= 11 is 0. The Bertz CT molecular complexity index is 1850. The Hall–Kier alpha value is -4.30. The van der Waals surface area contributed by atoms with E-state index in [9.17, 15) is 22.8 Å². The van der Waals surface area contributed by atoms with E-state index in [-0.39, 0.29) is 24.4 Å². The molecular formula is C37H47N7O6S. The van der Waals surface area contributed by atoms with Crippen molar-refractivity contribution in [1.29, 1.82) is 0 Å². The number of urea groups is 1. The maximum atomic E-state index is 14.1. The molecule has 4 amide bonds. The van der Waals surface area contributed by atoms with Gasteiger partial charge in [0.2, 0.25) is 10.0 Å². The van der Waals surface area contributed by atoms with Gasteiger partial charge in [-0.05, 0) is 86.1 Å². The zero-order valence-electron chi connectivity index (χ0n) is 29.2. The van der Waals surface area contributed by atoms with Gasteiger partial charge in [-0.2, -0.15) is 0 Å². The number of nitrogens with zero attached hydrogens (tertiary/aromatic N) is 6. The number of para-hydroxylation sites is 1. The highest BCUT2D eigenvalue weighted by Gasteiger charge is 2.37. The number of hydrogen-bond acceptors (Lipinski definition) is 8. The number of amides is 4. The van der Waals surface area contributed by atoms with Crippen molar-refractivity contribution >= 4 is 44.8 Å². The van der Waals surface area contributed by atoms with E-state index in [0.29, 0.717) is 76.0 Å². The zero-order chi connectivity index (χ0) is 35.5. The minimum atomic E-state index is -3.18. The van der Waals surface area contributed by atoms with Gasteiger partial charge in [-0.1, -0.05) is 24.3 Å². The summed E-state index contributed by atoms with van der Waals surface area (Å²) in [6.45, 7) is 3.70. The third-order valence-corrected chi connectivity index (χ3v) is 12.6. The first-order chi connectivity index (χ1) is 24.6. The van der Waals surface area contributed by atoms with Gasteiger partial charge in [0.05, 0.1) is 17.3 Å². The molecular weight excluding hydrogens is 671 g/mol. The minimum absolute atomic E-state index is 0.000548. The maximum absolute atomic E-state index is 14.1. The number of carbonyl (C=O) groups excluding carboxylic acids is 3. The fourth-order valence-corrected chi connectivity index (χ4v) is 9.17. The Morgan fingerprint density at radius 2 is 1.49 bits per heavy atom. The number of anilines is 1. The number of fused-ring (bicyclic) bond motifs is 2. The third-order valence-electron chi connectivity index (χ3n) is 11.3. The molecule has 1 aromatic heterocycles. The SMILES string of the molecule is CS(=O)(=O)N1CCC(C2CCN(C(=O)[C@@H](Cc3ccc4nccnc4c3)OC(=O)N3CCC(N4CCc5ccccc5NC4=O)CC3)CC2)CC1. The molecule has 13 nitrogen and oxygen atoms in total. The van der Waals surface area contributed by atoms with Crippen molar-refractivity contribution in [3.8, 4) is 0 Å². The van der Waals surface area contributed by atoms with Crippen molar-refractivity contribution in [3.05, 3.63) is 66.0 Å². The van der Waals surface area contributed by atoms with E-state index in [1.54, 1.807) is 21.6 Å². The molecule has 0 aliphatic carbocycles. The number of rotatable bonds is 7. The lowest BCUT2D eigenvalue weighted by atomic mass is 9.79. The quantitative estimate of drug-likeness (QED) is 0.384. The van der Waals surface area contributed by atoms with Crippen molar-refractivity contribution in [2.45, 2.75) is 63.5 Å². The van der Waals surface area contributed by atoms with Crippen LogP contribution in [0.1, 0.15) is 49.7 Å². The lowest BCUT2D eigenvalue weighted by Gasteiger charge is -2.40. The molecule has 0 spiro atoms. The van der Waals surface area contributed by atoms with Gasteiger partial charge in [-0.15, -0.1) is 0 Å². The first-order valence-electron chi connectivity index (χ1n) is 18.2. The summed E-state index contributed by atoms with van der Waals surface area (Å²) < 4.78 is 31.6. The predicted octanol–water partition coefficient (Wildman–Crippen LogP) is 4.14.